The average molecular weight is 556 g/mol. The van der Waals surface area contributed by atoms with Crippen molar-refractivity contribution < 1.29 is 22.2 Å². The molecule has 1 atom stereocenters. The summed E-state index contributed by atoms with van der Waals surface area (Å²) in [5.74, 6) is 0.356. The normalized spacial score (nSPS) is 12.4. The van der Waals surface area contributed by atoms with Gasteiger partial charge in [0.15, 0.2) is 0 Å². The molecule has 2 amide bonds. The molecule has 188 valence electrons. The van der Waals surface area contributed by atoms with Crippen LogP contribution in [0.2, 0.25) is 5.02 Å². The summed E-state index contributed by atoms with van der Waals surface area (Å²) in [7, 11) is -1.35. The van der Waals surface area contributed by atoms with Crippen molar-refractivity contribution in [2.75, 3.05) is 26.9 Å². The molecule has 2 aromatic heterocycles. The highest BCUT2D eigenvalue weighted by molar-refractivity contribution is 8.11. The molecule has 0 saturated carbocycles. The Kier molecular flexibility index (Phi) is 7.38. The molecule has 0 spiro atoms. The molecule has 3 N–H and O–H groups in total. The van der Waals surface area contributed by atoms with Gasteiger partial charge in [-0.05, 0) is 42.3 Å². The Morgan fingerprint density at radius 1 is 1.14 bits per heavy atom. The molecule has 0 aliphatic heterocycles. The highest BCUT2D eigenvalue weighted by atomic mass is 35.5. The van der Waals surface area contributed by atoms with Crippen molar-refractivity contribution in [2.24, 2.45) is 0 Å². The predicted octanol–water partition coefficient (Wildman–Crippen LogP) is 5.71. The average Bonchev–Trinajstić information content (AvgIpc) is 3.25. The maximum Gasteiger partial charge on any atom is 0.417 e. The Bertz CT molecular complexity index is 1450. The van der Waals surface area contributed by atoms with E-state index in [2.05, 4.69) is 31.0 Å². The maximum atomic E-state index is 13.0. The zero-order valence-electron chi connectivity index (χ0n) is 18.6. The number of carbonyl (C=O) groups excluding carboxylic acids is 1. The first-order chi connectivity index (χ1) is 17.1. The van der Waals surface area contributed by atoms with Crippen LogP contribution < -0.4 is 14.3 Å². The first-order valence-corrected chi connectivity index (χ1v) is 13.1. The van der Waals surface area contributed by atoms with E-state index in [9.17, 15) is 22.2 Å². The second kappa shape index (κ2) is 10.3. The van der Waals surface area contributed by atoms with Gasteiger partial charge in [0, 0.05) is 29.4 Å². The van der Waals surface area contributed by atoms with Gasteiger partial charge in [-0.25, -0.2) is 12.7 Å². The van der Waals surface area contributed by atoms with E-state index >= 15 is 0 Å². The fraction of sp³-hybridized carbons (Fsp3) is 0.143. The van der Waals surface area contributed by atoms with Gasteiger partial charge in [-0.1, -0.05) is 23.7 Å². The van der Waals surface area contributed by atoms with Crippen molar-refractivity contribution in [1.82, 2.24) is 20.4 Å². The van der Waals surface area contributed by atoms with Crippen LogP contribution in [-0.2, 0) is 17.2 Å². The highest BCUT2D eigenvalue weighted by Crippen LogP contribution is 2.36. The number of H-pyrrole nitrogens is 1. The number of benzene rings is 2. The molecule has 2 heterocycles. The summed E-state index contributed by atoms with van der Waals surface area (Å²) in [6, 6.07) is 9.05. The Hall–Kier alpha value is -3.36. The van der Waals surface area contributed by atoms with Crippen LogP contribution in [0.1, 0.15) is 5.56 Å². The van der Waals surface area contributed by atoms with Crippen LogP contribution in [-0.4, -0.2) is 43.1 Å². The number of nitrogens with one attached hydrogen (secondary N) is 3. The fourth-order valence-corrected chi connectivity index (χ4v) is 5.05. The lowest BCUT2D eigenvalue weighted by atomic mass is 10.1. The van der Waals surface area contributed by atoms with Crippen molar-refractivity contribution in [3.8, 4) is 11.3 Å². The number of alkyl halides is 3. The van der Waals surface area contributed by atoms with E-state index in [0.29, 0.717) is 28.1 Å². The summed E-state index contributed by atoms with van der Waals surface area (Å²) < 4.78 is 52.6. The number of rotatable bonds is 6. The number of amides is 2. The number of anilines is 3. The summed E-state index contributed by atoms with van der Waals surface area (Å²) in [5, 5.41) is 20.4. The number of fused-ring (bicyclic) bond motifs is 1. The van der Waals surface area contributed by atoms with Gasteiger partial charge in [0.1, 0.15) is 16.5 Å². The number of nitrogens with zero attached hydrogens (tertiary/aromatic N) is 4. The molecule has 0 bridgehead atoms. The minimum absolute atomic E-state index is 0.0611. The second-order valence-electron chi connectivity index (χ2n) is 7.24. The van der Waals surface area contributed by atoms with Gasteiger partial charge in [-0.3, -0.25) is 5.10 Å². The molecule has 0 aliphatic rings. The third kappa shape index (κ3) is 5.39. The van der Waals surface area contributed by atoms with Gasteiger partial charge in [-0.15, -0.1) is 5.10 Å². The Balaban J connectivity index is 1.51. The number of carbonyl (C=O) groups is 1. The van der Waals surface area contributed by atoms with Crippen LogP contribution in [0.25, 0.3) is 22.2 Å². The lowest BCUT2D eigenvalue weighted by Crippen LogP contribution is -2.19. The van der Waals surface area contributed by atoms with Crippen LogP contribution in [0.15, 0.2) is 48.7 Å². The molecule has 2 aromatic carbocycles. The van der Waals surface area contributed by atoms with Crippen molar-refractivity contribution in [2.45, 2.75) is 6.18 Å². The van der Waals surface area contributed by atoms with Crippen LogP contribution >= 0.6 is 23.5 Å². The Morgan fingerprint density at radius 3 is 2.44 bits per heavy atom. The van der Waals surface area contributed by atoms with Gasteiger partial charge in [0.05, 0.1) is 27.9 Å². The molecular weight excluding hydrogens is 539 g/mol. The molecule has 36 heavy (non-hydrogen) atoms. The molecule has 9 nitrogen and oxygen atoms in total. The minimum atomic E-state index is -4.65. The molecule has 1 unspecified atom stereocenters. The standard InChI is InChI=1S/C21H17ClF3N7O2S2/c1-35-32(36(2)34)19-18-14(10-26-31-19)17(29-30-18)11-3-5-12(6-4-11)27-20(33)28-13-7-8-16(22)15(9-13)21(23,24)25/h3-10H,1-2H3,(H,29,30)(H2,27,28,33). The first-order valence-electron chi connectivity index (χ1n) is 10.0. The van der Waals surface area contributed by atoms with Crippen LogP contribution in [0.4, 0.5) is 35.2 Å². The maximum absolute atomic E-state index is 13.0. The first kappa shape index (κ1) is 25.7. The van der Waals surface area contributed by atoms with Gasteiger partial charge in [-0.2, -0.15) is 23.4 Å². The van der Waals surface area contributed by atoms with Gasteiger partial charge in [0.25, 0.3) is 0 Å². The molecule has 0 fully saturated rings. The van der Waals surface area contributed by atoms with E-state index < -0.39 is 33.8 Å². The van der Waals surface area contributed by atoms with Crippen molar-refractivity contribution in [1.29, 1.82) is 0 Å². The summed E-state index contributed by atoms with van der Waals surface area (Å²) in [6.45, 7) is 0. The lowest BCUT2D eigenvalue weighted by molar-refractivity contribution is -0.137. The lowest BCUT2D eigenvalue weighted by Gasteiger charge is -2.15. The zero-order chi connectivity index (χ0) is 26.0. The van der Waals surface area contributed by atoms with E-state index in [4.69, 9.17) is 11.6 Å². The van der Waals surface area contributed by atoms with E-state index in [1.807, 2.05) is 0 Å². The predicted molar refractivity (Wildman–Crippen MR) is 136 cm³/mol. The second-order valence-corrected chi connectivity index (χ2v) is 9.82. The number of halogens is 4. The quantitative estimate of drug-likeness (QED) is 0.262. The highest BCUT2D eigenvalue weighted by Gasteiger charge is 2.33. The Morgan fingerprint density at radius 2 is 1.81 bits per heavy atom. The number of hydrogen-bond acceptors (Lipinski definition) is 6. The number of aromatic amines is 1. The summed E-state index contributed by atoms with van der Waals surface area (Å²) in [5.41, 5.74) is 1.16. The molecule has 0 aliphatic carbocycles. The molecular formula is C21H17ClF3N7O2S2. The summed E-state index contributed by atoms with van der Waals surface area (Å²) in [6.07, 6.45) is 0.176. The van der Waals surface area contributed by atoms with Crippen LogP contribution in [0.3, 0.4) is 0 Å². The molecule has 0 radical (unpaired) electrons. The number of urea groups is 1. The fourth-order valence-electron chi connectivity index (χ4n) is 3.33. The SMILES string of the molecule is CSN(c1nncc2c(-c3ccc(NC(=O)Nc4ccc(Cl)c(C(F)(F)F)c4)cc3)[nH]nc12)S(C)=O. The third-order valence-electron chi connectivity index (χ3n) is 4.89. The topological polar surface area (TPSA) is 116 Å². The van der Waals surface area contributed by atoms with Gasteiger partial charge >= 0.3 is 12.2 Å². The molecule has 4 rings (SSSR count). The zero-order valence-corrected chi connectivity index (χ0v) is 20.9. The molecule has 4 aromatic rings. The van der Waals surface area contributed by atoms with E-state index in [1.54, 1.807) is 30.5 Å². The third-order valence-corrected chi connectivity index (χ3v) is 7.44. The number of hydrogen-bond donors (Lipinski definition) is 3. The van der Waals surface area contributed by atoms with Crippen LogP contribution in [0.5, 0.6) is 0 Å². The summed E-state index contributed by atoms with van der Waals surface area (Å²) >= 11 is 6.84. The van der Waals surface area contributed by atoms with E-state index in [1.165, 1.54) is 34.2 Å². The van der Waals surface area contributed by atoms with Gasteiger partial charge < -0.3 is 10.6 Å². The van der Waals surface area contributed by atoms with E-state index in [-0.39, 0.29) is 5.69 Å². The van der Waals surface area contributed by atoms with Crippen molar-refractivity contribution >= 4 is 68.7 Å². The Labute approximate surface area is 214 Å². The molecule has 15 heteroatoms. The smallest absolute Gasteiger partial charge is 0.308 e. The van der Waals surface area contributed by atoms with Crippen molar-refractivity contribution in [3.63, 3.8) is 0 Å². The minimum Gasteiger partial charge on any atom is -0.308 e. The van der Waals surface area contributed by atoms with E-state index in [0.717, 1.165) is 17.7 Å². The summed E-state index contributed by atoms with van der Waals surface area (Å²) in [4.78, 5) is 12.3. The van der Waals surface area contributed by atoms with Gasteiger partial charge in [0.2, 0.25) is 5.82 Å². The van der Waals surface area contributed by atoms with Crippen LogP contribution in [0, 0.1) is 0 Å². The monoisotopic (exact) mass is 555 g/mol. The molecule has 0 saturated heterocycles. The van der Waals surface area contributed by atoms with Crippen molar-refractivity contribution in [3.05, 3.63) is 59.2 Å². The number of aromatic nitrogens is 4. The largest absolute Gasteiger partial charge is 0.417 e.